The molecule has 0 aliphatic rings. The molecule has 0 aliphatic carbocycles. The normalized spacial score (nSPS) is 12.5. The Morgan fingerprint density at radius 3 is 1.90 bits per heavy atom. The van der Waals surface area contributed by atoms with Crippen molar-refractivity contribution in [2.24, 2.45) is 0 Å². The first-order chi connectivity index (χ1) is 9.43. The summed E-state index contributed by atoms with van der Waals surface area (Å²) in [6, 6.07) is 11.5. The summed E-state index contributed by atoms with van der Waals surface area (Å²) in [6.45, 7) is 13.4. The first kappa shape index (κ1) is 14.8. The van der Waals surface area contributed by atoms with Gasteiger partial charge in [-0.05, 0) is 79.0 Å². The average molecular weight is 266 g/mol. The Morgan fingerprint density at radius 2 is 1.40 bits per heavy atom. The maximum atomic E-state index is 2.37. The number of rotatable bonds is 3. The van der Waals surface area contributed by atoms with E-state index in [0.29, 0.717) is 5.92 Å². The molecule has 2 rings (SSSR count). The smallest absolute Gasteiger partial charge is 0.0125 e. The Kier molecular flexibility index (Phi) is 4.32. The summed E-state index contributed by atoms with van der Waals surface area (Å²) in [6.07, 6.45) is 1.20. The fraction of sp³-hybridized carbons (Fsp3) is 0.400. The standard InChI is InChI=1S/C20H26/c1-7-13(2)19-11-16(5)20(17(6)12-19)18-9-8-14(3)15(4)10-18/h8-13H,7H2,1-6H3. The minimum atomic E-state index is 0.640. The molecule has 2 aromatic carbocycles. The zero-order valence-electron chi connectivity index (χ0n) is 13.7. The molecule has 0 nitrogen and oxygen atoms in total. The van der Waals surface area contributed by atoms with E-state index >= 15 is 0 Å². The molecule has 0 fully saturated rings. The van der Waals surface area contributed by atoms with Crippen LogP contribution in [0.5, 0.6) is 0 Å². The second kappa shape index (κ2) is 5.83. The first-order valence-corrected chi connectivity index (χ1v) is 7.62. The van der Waals surface area contributed by atoms with Gasteiger partial charge in [0.25, 0.3) is 0 Å². The summed E-state index contributed by atoms with van der Waals surface area (Å²) in [7, 11) is 0. The van der Waals surface area contributed by atoms with E-state index in [2.05, 4.69) is 71.9 Å². The highest BCUT2D eigenvalue weighted by molar-refractivity contribution is 5.72. The van der Waals surface area contributed by atoms with Crippen LogP contribution < -0.4 is 0 Å². The largest absolute Gasteiger partial charge is 0.0648 e. The summed E-state index contributed by atoms with van der Waals surface area (Å²) in [5.41, 5.74) is 9.73. The quantitative estimate of drug-likeness (QED) is 0.629. The lowest BCUT2D eigenvalue weighted by molar-refractivity contribution is 0.732. The highest BCUT2D eigenvalue weighted by atomic mass is 14.2. The zero-order valence-corrected chi connectivity index (χ0v) is 13.7. The molecule has 1 unspecified atom stereocenters. The maximum absolute atomic E-state index is 2.37. The molecule has 0 aromatic heterocycles. The molecule has 0 saturated heterocycles. The Labute approximate surface area is 123 Å². The Morgan fingerprint density at radius 1 is 0.800 bits per heavy atom. The molecule has 0 heteroatoms. The van der Waals surface area contributed by atoms with Gasteiger partial charge >= 0.3 is 0 Å². The van der Waals surface area contributed by atoms with E-state index in [1.165, 1.54) is 45.4 Å². The fourth-order valence-electron chi connectivity index (χ4n) is 2.87. The summed E-state index contributed by atoms with van der Waals surface area (Å²) < 4.78 is 0. The van der Waals surface area contributed by atoms with Crippen molar-refractivity contribution in [3.63, 3.8) is 0 Å². The molecule has 0 bridgehead atoms. The molecular formula is C20H26. The van der Waals surface area contributed by atoms with Crippen molar-refractivity contribution in [3.05, 3.63) is 58.1 Å². The summed E-state index contributed by atoms with van der Waals surface area (Å²) in [5.74, 6) is 0.640. The van der Waals surface area contributed by atoms with Gasteiger partial charge in [0.1, 0.15) is 0 Å². The van der Waals surface area contributed by atoms with Gasteiger partial charge in [-0.3, -0.25) is 0 Å². The lowest BCUT2D eigenvalue weighted by Crippen LogP contribution is -1.97. The molecule has 2 aromatic rings. The van der Waals surface area contributed by atoms with Gasteiger partial charge in [-0.2, -0.15) is 0 Å². The van der Waals surface area contributed by atoms with E-state index in [-0.39, 0.29) is 0 Å². The molecule has 0 N–H and O–H groups in total. The van der Waals surface area contributed by atoms with Crippen molar-refractivity contribution < 1.29 is 0 Å². The highest BCUT2D eigenvalue weighted by Gasteiger charge is 2.11. The zero-order chi connectivity index (χ0) is 14.9. The molecule has 1 atom stereocenters. The van der Waals surface area contributed by atoms with Gasteiger partial charge in [0, 0.05) is 0 Å². The van der Waals surface area contributed by atoms with Crippen LogP contribution in [0.4, 0.5) is 0 Å². The number of aryl methyl sites for hydroxylation is 4. The van der Waals surface area contributed by atoms with Crippen molar-refractivity contribution in [2.75, 3.05) is 0 Å². The van der Waals surface area contributed by atoms with E-state index in [1.807, 2.05) is 0 Å². The van der Waals surface area contributed by atoms with Crippen LogP contribution in [0.2, 0.25) is 0 Å². The van der Waals surface area contributed by atoms with Gasteiger partial charge in [0.05, 0.1) is 0 Å². The van der Waals surface area contributed by atoms with Crippen LogP contribution in [0.15, 0.2) is 30.3 Å². The van der Waals surface area contributed by atoms with Gasteiger partial charge in [0.2, 0.25) is 0 Å². The lowest BCUT2D eigenvalue weighted by atomic mass is 9.88. The summed E-state index contributed by atoms with van der Waals surface area (Å²) in [4.78, 5) is 0. The molecule has 0 saturated carbocycles. The van der Waals surface area contributed by atoms with Crippen LogP contribution in [-0.2, 0) is 0 Å². The van der Waals surface area contributed by atoms with Crippen LogP contribution in [0, 0.1) is 27.7 Å². The minimum Gasteiger partial charge on any atom is -0.0648 e. The first-order valence-electron chi connectivity index (χ1n) is 7.62. The third-order valence-electron chi connectivity index (χ3n) is 4.53. The van der Waals surface area contributed by atoms with E-state index in [1.54, 1.807) is 0 Å². The monoisotopic (exact) mass is 266 g/mol. The highest BCUT2D eigenvalue weighted by Crippen LogP contribution is 2.32. The third kappa shape index (κ3) is 2.80. The van der Waals surface area contributed by atoms with Crippen molar-refractivity contribution in [2.45, 2.75) is 53.9 Å². The van der Waals surface area contributed by atoms with E-state index in [0.717, 1.165) is 0 Å². The molecule has 0 amide bonds. The van der Waals surface area contributed by atoms with Gasteiger partial charge in [-0.15, -0.1) is 0 Å². The van der Waals surface area contributed by atoms with Crippen LogP contribution in [-0.4, -0.2) is 0 Å². The van der Waals surface area contributed by atoms with Gasteiger partial charge in [-0.1, -0.05) is 44.2 Å². The molecule has 0 aliphatic heterocycles. The van der Waals surface area contributed by atoms with Crippen molar-refractivity contribution in [1.82, 2.24) is 0 Å². The fourth-order valence-corrected chi connectivity index (χ4v) is 2.87. The van der Waals surface area contributed by atoms with Crippen LogP contribution >= 0.6 is 0 Å². The van der Waals surface area contributed by atoms with E-state index in [4.69, 9.17) is 0 Å². The maximum Gasteiger partial charge on any atom is -0.0125 e. The van der Waals surface area contributed by atoms with Crippen LogP contribution in [0.1, 0.15) is 54.0 Å². The van der Waals surface area contributed by atoms with Gasteiger partial charge < -0.3 is 0 Å². The van der Waals surface area contributed by atoms with Gasteiger partial charge in [-0.25, -0.2) is 0 Å². The topological polar surface area (TPSA) is 0 Å². The Bertz CT molecular complexity index is 597. The lowest BCUT2D eigenvalue weighted by Gasteiger charge is -2.17. The average Bonchev–Trinajstić information content (AvgIpc) is 2.41. The minimum absolute atomic E-state index is 0.640. The molecule has 106 valence electrons. The molecule has 0 heterocycles. The van der Waals surface area contributed by atoms with Gasteiger partial charge in [0.15, 0.2) is 0 Å². The Balaban J connectivity index is 2.54. The Hall–Kier alpha value is -1.56. The molecular weight excluding hydrogens is 240 g/mol. The van der Waals surface area contributed by atoms with Crippen LogP contribution in [0.25, 0.3) is 11.1 Å². The second-order valence-corrected chi connectivity index (χ2v) is 6.14. The second-order valence-electron chi connectivity index (χ2n) is 6.14. The SMILES string of the molecule is CCC(C)c1cc(C)c(-c2ccc(C)c(C)c2)c(C)c1. The summed E-state index contributed by atoms with van der Waals surface area (Å²) >= 11 is 0. The summed E-state index contributed by atoms with van der Waals surface area (Å²) in [5, 5.41) is 0. The number of hydrogen-bond acceptors (Lipinski definition) is 0. The van der Waals surface area contributed by atoms with Crippen molar-refractivity contribution in [3.8, 4) is 11.1 Å². The van der Waals surface area contributed by atoms with E-state index < -0.39 is 0 Å². The van der Waals surface area contributed by atoms with Crippen molar-refractivity contribution >= 4 is 0 Å². The molecule has 20 heavy (non-hydrogen) atoms. The van der Waals surface area contributed by atoms with E-state index in [9.17, 15) is 0 Å². The third-order valence-corrected chi connectivity index (χ3v) is 4.53. The number of benzene rings is 2. The van der Waals surface area contributed by atoms with Crippen LogP contribution in [0.3, 0.4) is 0 Å². The predicted molar refractivity (Wildman–Crippen MR) is 89.5 cm³/mol. The number of hydrogen-bond donors (Lipinski definition) is 0. The van der Waals surface area contributed by atoms with Crippen molar-refractivity contribution in [1.29, 1.82) is 0 Å². The predicted octanol–water partition coefficient (Wildman–Crippen LogP) is 6.10. The molecule has 0 spiro atoms. The molecule has 0 radical (unpaired) electrons.